The number of nitriles is 1. The van der Waals surface area contributed by atoms with Gasteiger partial charge in [0.2, 0.25) is 0 Å². The number of anilines is 1. The van der Waals surface area contributed by atoms with Crippen molar-refractivity contribution in [2.24, 2.45) is 0 Å². The van der Waals surface area contributed by atoms with E-state index in [1.54, 1.807) is 18.2 Å². The standard InChI is InChI=1S/C16H13BrN2O/c1-10-4-3-5-15(13(10)9-18)19-16(20)12-7-6-11(2)14(17)8-12/h3-8H,1-2H3,(H,19,20). The topological polar surface area (TPSA) is 52.9 Å². The van der Waals surface area contributed by atoms with E-state index in [2.05, 4.69) is 27.3 Å². The first-order valence-electron chi connectivity index (χ1n) is 6.10. The molecule has 4 heteroatoms. The summed E-state index contributed by atoms with van der Waals surface area (Å²) in [5.41, 5.74) is 3.49. The zero-order valence-corrected chi connectivity index (χ0v) is 12.8. The molecule has 0 spiro atoms. The quantitative estimate of drug-likeness (QED) is 0.898. The van der Waals surface area contributed by atoms with Crippen molar-refractivity contribution in [3.8, 4) is 6.07 Å². The first-order valence-corrected chi connectivity index (χ1v) is 6.89. The van der Waals surface area contributed by atoms with Crippen LogP contribution in [0, 0.1) is 25.2 Å². The highest BCUT2D eigenvalue weighted by atomic mass is 79.9. The summed E-state index contributed by atoms with van der Waals surface area (Å²) in [6, 6.07) is 12.9. The van der Waals surface area contributed by atoms with Crippen LogP contribution in [0.3, 0.4) is 0 Å². The Balaban J connectivity index is 2.31. The van der Waals surface area contributed by atoms with Crippen LogP contribution in [0.4, 0.5) is 5.69 Å². The van der Waals surface area contributed by atoms with Crippen LogP contribution in [0.2, 0.25) is 0 Å². The highest BCUT2D eigenvalue weighted by Gasteiger charge is 2.11. The fourth-order valence-corrected chi connectivity index (χ4v) is 2.23. The molecule has 1 N–H and O–H groups in total. The number of carbonyl (C=O) groups excluding carboxylic acids is 1. The van der Waals surface area contributed by atoms with Gasteiger partial charge in [0, 0.05) is 10.0 Å². The molecule has 0 aliphatic carbocycles. The summed E-state index contributed by atoms with van der Waals surface area (Å²) in [5.74, 6) is -0.229. The maximum atomic E-state index is 12.2. The lowest BCUT2D eigenvalue weighted by Crippen LogP contribution is -2.13. The zero-order valence-electron chi connectivity index (χ0n) is 11.2. The van der Waals surface area contributed by atoms with Gasteiger partial charge < -0.3 is 5.32 Å². The van der Waals surface area contributed by atoms with Gasteiger partial charge in [0.15, 0.2) is 0 Å². The Morgan fingerprint density at radius 1 is 1.20 bits per heavy atom. The molecule has 0 saturated carbocycles. The van der Waals surface area contributed by atoms with E-state index in [9.17, 15) is 4.79 Å². The molecule has 0 aromatic heterocycles. The average molecular weight is 329 g/mol. The summed E-state index contributed by atoms with van der Waals surface area (Å²) in [4.78, 5) is 12.2. The molecule has 100 valence electrons. The van der Waals surface area contributed by atoms with Gasteiger partial charge in [-0.25, -0.2) is 0 Å². The highest BCUT2D eigenvalue weighted by molar-refractivity contribution is 9.10. The van der Waals surface area contributed by atoms with Crippen molar-refractivity contribution < 1.29 is 4.79 Å². The molecule has 0 aliphatic heterocycles. The number of amides is 1. The predicted molar refractivity (Wildman–Crippen MR) is 82.7 cm³/mol. The number of rotatable bonds is 2. The lowest BCUT2D eigenvalue weighted by molar-refractivity contribution is 0.102. The van der Waals surface area contributed by atoms with Crippen molar-refractivity contribution in [1.29, 1.82) is 5.26 Å². The number of aryl methyl sites for hydroxylation is 2. The smallest absolute Gasteiger partial charge is 0.255 e. The maximum Gasteiger partial charge on any atom is 0.255 e. The summed E-state index contributed by atoms with van der Waals surface area (Å²) in [6.07, 6.45) is 0. The molecule has 0 fully saturated rings. The van der Waals surface area contributed by atoms with E-state index in [1.165, 1.54) is 0 Å². The summed E-state index contributed by atoms with van der Waals surface area (Å²) >= 11 is 3.41. The molecule has 0 bridgehead atoms. The fourth-order valence-electron chi connectivity index (χ4n) is 1.85. The lowest BCUT2D eigenvalue weighted by Gasteiger charge is -2.09. The molecule has 0 aliphatic rings. The van der Waals surface area contributed by atoms with E-state index in [-0.39, 0.29) is 5.91 Å². The Hall–Kier alpha value is -2.12. The molecule has 3 nitrogen and oxygen atoms in total. The van der Waals surface area contributed by atoms with Crippen LogP contribution in [0.5, 0.6) is 0 Å². The molecule has 0 atom stereocenters. The minimum Gasteiger partial charge on any atom is -0.321 e. The summed E-state index contributed by atoms with van der Waals surface area (Å²) in [7, 11) is 0. The second kappa shape index (κ2) is 5.89. The Bertz CT molecular complexity index is 717. The van der Waals surface area contributed by atoms with E-state index < -0.39 is 0 Å². The van der Waals surface area contributed by atoms with Crippen LogP contribution in [-0.2, 0) is 0 Å². The van der Waals surface area contributed by atoms with Crippen molar-refractivity contribution in [1.82, 2.24) is 0 Å². The predicted octanol–water partition coefficient (Wildman–Crippen LogP) is 4.19. The number of hydrogen-bond donors (Lipinski definition) is 1. The third kappa shape index (κ3) is 2.89. The van der Waals surface area contributed by atoms with Crippen LogP contribution in [0.15, 0.2) is 40.9 Å². The normalized spacial score (nSPS) is 9.90. The third-order valence-electron chi connectivity index (χ3n) is 3.07. The van der Waals surface area contributed by atoms with Gasteiger partial charge in [0.05, 0.1) is 11.3 Å². The number of halogens is 1. The van der Waals surface area contributed by atoms with Crippen molar-refractivity contribution in [2.45, 2.75) is 13.8 Å². The first-order chi connectivity index (χ1) is 9.52. The summed E-state index contributed by atoms with van der Waals surface area (Å²) in [5, 5.41) is 11.9. The fraction of sp³-hybridized carbons (Fsp3) is 0.125. The molecule has 2 aromatic rings. The van der Waals surface area contributed by atoms with Crippen LogP contribution in [0.25, 0.3) is 0 Å². The molecular weight excluding hydrogens is 316 g/mol. The van der Waals surface area contributed by atoms with Crippen LogP contribution >= 0.6 is 15.9 Å². The van der Waals surface area contributed by atoms with Crippen molar-refractivity contribution >= 4 is 27.5 Å². The zero-order chi connectivity index (χ0) is 14.7. The van der Waals surface area contributed by atoms with Crippen LogP contribution in [-0.4, -0.2) is 5.91 Å². The number of benzene rings is 2. The van der Waals surface area contributed by atoms with E-state index in [0.29, 0.717) is 16.8 Å². The van der Waals surface area contributed by atoms with Gasteiger partial charge in [-0.3, -0.25) is 4.79 Å². The van der Waals surface area contributed by atoms with Crippen molar-refractivity contribution in [2.75, 3.05) is 5.32 Å². The van der Waals surface area contributed by atoms with Crippen molar-refractivity contribution in [3.63, 3.8) is 0 Å². The van der Waals surface area contributed by atoms with E-state index in [0.717, 1.165) is 15.6 Å². The first kappa shape index (κ1) is 14.3. The molecule has 1 amide bonds. The Labute approximate surface area is 126 Å². The molecule has 0 radical (unpaired) electrons. The maximum absolute atomic E-state index is 12.2. The molecule has 2 rings (SSSR count). The van der Waals surface area contributed by atoms with Gasteiger partial charge in [-0.1, -0.05) is 34.1 Å². The van der Waals surface area contributed by atoms with Crippen molar-refractivity contribution in [3.05, 3.63) is 63.1 Å². The number of nitrogens with zero attached hydrogens (tertiary/aromatic N) is 1. The average Bonchev–Trinajstić information content (AvgIpc) is 2.42. The minimum absolute atomic E-state index is 0.229. The van der Waals surface area contributed by atoms with E-state index in [4.69, 9.17) is 5.26 Å². The molecule has 20 heavy (non-hydrogen) atoms. The van der Waals surface area contributed by atoms with Gasteiger partial charge in [-0.05, 0) is 43.2 Å². The molecule has 2 aromatic carbocycles. The summed E-state index contributed by atoms with van der Waals surface area (Å²) in [6.45, 7) is 3.80. The number of hydrogen-bond acceptors (Lipinski definition) is 2. The summed E-state index contributed by atoms with van der Waals surface area (Å²) < 4.78 is 0.884. The monoisotopic (exact) mass is 328 g/mol. The lowest BCUT2D eigenvalue weighted by atomic mass is 10.1. The minimum atomic E-state index is -0.229. The molecule has 0 unspecified atom stereocenters. The van der Waals surface area contributed by atoms with Crippen LogP contribution in [0.1, 0.15) is 27.0 Å². The highest BCUT2D eigenvalue weighted by Crippen LogP contribution is 2.21. The SMILES string of the molecule is Cc1ccc(C(=O)Nc2cccc(C)c2C#N)cc1Br. The van der Waals surface area contributed by atoms with Crippen LogP contribution < -0.4 is 5.32 Å². The largest absolute Gasteiger partial charge is 0.321 e. The van der Waals surface area contributed by atoms with E-state index >= 15 is 0 Å². The Kier molecular flexibility index (Phi) is 4.21. The second-order valence-electron chi connectivity index (χ2n) is 4.53. The molecule has 0 saturated heterocycles. The van der Waals surface area contributed by atoms with Gasteiger partial charge in [0.25, 0.3) is 5.91 Å². The van der Waals surface area contributed by atoms with E-state index in [1.807, 2.05) is 32.0 Å². The van der Waals surface area contributed by atoms with Gasteiger partial charge in [-0.2, -0.15) is 5.26 Å². The Morgan fingerprint density at radius 2 is 1.95 bits per heavy atom. The van der Waals surface area contributed by atoms with Gasteiger partial charge in [0.1, 0.15) is 6.07 Å². The number of nitrogens with one attached hydrogen (secondary N) is 1. The number of carbonyl (C=O) groups is 1. The molecule has 0 heterocycles. The molecular formula is C16H13BrN2O. The van der Waals surface area contributed by atoms with Gasteiger partial charge in [-0.15, -0.1) is 0 Å². The Morgan fingerprint density at radius 3 is 2.60 bits per heavy atom. The van der Waals surface area contributed by atoms with Gasteiger partial charge >= 0.3 is 0 Å². The second-order valence-corrected chi connectivity index (χ2v) is 5.38. The third-order valence-corrected chi connectivity index (χ3v) is 3.92.